The molecule has 1 unspecified atom stereocenters. The molecule has 1 amide bonds. The molecule has 6 heteroatoms. The highest BCUT2D eigenvalue weighted by Crippen LogP contribution is 2.41. The molecule has 6 nitrogen and oxygen atoms in total. The minimum Gasteiger partial charge on any atom is -0.490 e. The van der Waals surface area contributed by atoms with Crippen LogP contribution in [0.1, 0.15) is 45.0 Å². The zero-order chi connectivity index (χ0) is 21.7. The van der Waals surface area contributed by atoms with E-state index in [1.165, 1.54) is 0 Å². The zero-order valence-electron chi connectivity index (χ0n) is 18.6. The molecule has 3 rings (SSSR count). The van der Waals surface area contributed by atoms with E-state index in [2.05, 4.69) is 24.8 Å². The lowest BCUT2D eigenvalue weighted by molar-refractivity contribution is 0.0983. The molecule has 0 radical (unpaired) electrons. The van der Waals surface area contributed by atoms with E-state index in [0.29, 0.717) is 49.2 Å². The second kappa shape index (κ2) is 9.74. The standard InChI is InChI=1S/C24H32N2O4/c1-6-25-17(5)16-26(20-13-11-10-12-19(20)25)24(27)18-14-21(28-7-2)23(30-9-4)22(15-18)29-8-3/h10-15,17H,6-9,16H2,1-5H3. The Kier molecular flexibility index (Phi) is 7.08. The maximum atomic E-state index is 13.6. The van der Waals surface area contributed by atoms with Crippen LogP contribution in [0.4, 0.5) is 11.4 Å². The van der Waals surface area contributed by atoms with Gasteiger partial charge in [-0.3, -0.25) is 4.79 Å². The van der Waals surface area contributed by atoms with Crippen molar-refractivity contribution in [1.82, 2.24) is 0 Å². The molecule has 0 bridgehead atoms. The van der Waals surface area contributed by atoms with E-state index in [4.69, 9.17) is 14.2 Å². The first-order valence-corrected chi connectivity index (χ1v) is 10.8. The summed E-state index contributed by atoms with van der Waals surface area (Å²) in [5, 5.41) is 0. The predicted molar refractivity (Wildman–Crippen MR) is 121 cm³/mol. The van der Waals surface area contributed by atoms with Gasteiger partial charge in [0.15, 0.2) is 11.5 Å². The van der Waals surface area contributed by atoms with Crippen molar-refractivity contribution in [3.8, 4) is 17.2 Å². The summed E-state index contributed by atoms with van der Waals surface area (Å²) in [6.45, 7) is 13.0. The predicted octanol–water partition coefficient (Wildman–Crippen LogP) is 4.76. The van der Waals surface area contributed by atoms with Gasteiger partial charge in [0, 0.05) is 24.7 Å². The number of ether oxygens (including phenoxy) is 3. The molecule has 30 heavy (non-hydrogen) atoms. The van der Waals surface area contributed by atoms with Crippen molar-refractivity contribution >= 4 is 17.3 Å². The molecular weight excluding hydrogens is 380 g/mol. The number of fused-ring (bicyclic) bond motifs is 1. The van der Waals surface area contributed by atoms with Crippen LogP contribution in [0, 0.1) is 0 Å². The van der Waals surface area contributed by atoms with E-state index in [9.17, 15) is 4.79 Å². The number of amides is 1. The van der Waals surface area contributed by atoms with Gasteiger partial charge in [0.1, 0.15) is 0 Å². The minimum atomic E-state index is -0.0741. The first-order chi connectivity index (χ1) is 14.5. The number of para-hydroxylation sites is 2. The van der Waals surface area contributed by atoms with Crippen LogP contribution < -0.4 is 24.0 Å². The van der Waals surface area contributed by atoms with Gasteiger partial charge in [-0.2, -0.15) is 0 Å². The number of carbonyl (C=O) groups excluding carboxylic acids is 1. The fourth-order valence-corrected chi connectivity index (χ4v) is 3.98. The first-order valence-electron chi connectivity index (χ1n) is 10.8. The Morgan fingerprint density at radius 2 is 1.50 bits per heavy atom. The van der Waals surface area contributed by atoms with Crippen molar-refractivity contribution in [2.45, 2.75) is 40.7 Å². The highest BCUT2D eigenvalue weighted by atomic mass is 16.5. The number of rotatable bonds is 8. The van der Waals surface area contributed by atoms with Gasteiger partial charge >= 0.3 is 0 Å². The third-order valence-electron chi connectivity index (χ3n) is 5.20. The van der Waals surface area contributed by atoms with E-state index >= 15 is 0 Å². The van der Waals surface area contributed by atoms with Crippen LogP contribution in [0.2, 0.25) is 0 Å². The number of hydrogen-bond acceptors (Lipinski definition) is 5. The number of likely N-dealkylation sites (N-methyl/N-ethyl adjacent to an activating group) is 1. The molecular formula is C24H32N2O4. The Bertz CT molecular complexity index is 856. The summed E-state index contributed by atoms with van der Waals surface area (Å²) in [6, 6.07) is 11.8. The van der Waals surface area contributed by atoms with Crippen LogP contribution in [0.25, 0.3) is 0 Å². The second-order valence-corrected chi connectivity index (χ2v) is 7.14. The quantitative estimate of drug-likeness (QED) is 0.626. The summed E-state index contributed by atoms with van der Waals surface area (Å²) in [4.78, 5) is 17.8. The Balaban J connectivity index is 2.06. The minimum absolute atomic E-state index is 0.0741. The lowest BCUT2D eigenvalue weighted by Gasteiger charge is -2.42. The van der Waals surface area contributed by atoms with Crippen LogP contribution in [0.3, 0.4) is 0 Å². The maximum Gasteiger partial charge on any atom is 0.258 e. The number of anilines is 2. The van der Waals surface area contributed by atoms with E-state index in [-0.39, 0.29) is 11.9 Å². The van der Waals surface area contributed by atoms with Gasteiger partial charge in [0.05, 0.1) is 31.2 Å². The van der Waals surface area contributed by atoms with E-state index in [1.807, 2.05) is 43.9 Å². The van der Waals surface area contributed by atoms with Crippen molar-refractivity contribution < 1.29 is 19.0 Å². The molecule has 0 saturated heterocycles. The van der Waals surface area contributed by atoms with Crippen molar-refractivity contribution in [3.63, 3.8) is 0 Å². The highest BCUT2D eigenvalue weighted by Gasteiger charge is 2.32. The van der Waals surface area contributed by atoms with Crippen LogP contribution in [-0.4, -0.2) is 44.9 Å². The average molecular weight is 413 g/mol. The van der Waals surface area contributed by atoms with Gasteiger partial charge in [-0.25, -0.2) is 0 Å². The van der Waals surface area contributed by atoms with Gasteiger partial charge in [-0.05, 0) is 58.9 Å². The van der Waals surface area contributed by atoms with Gasteiger partial charge in [-0.1, -0.05) is 12.1 Å². The van der Waals surface area contributed by atoms with Crippen LogP contribution in [-0.2, 0) is 0 Å². The number of carbonyl (C=O) groups is 1. The van der Waals surface area contributed by atoms with E-state index in [1.54, 1.807) is 12.1 Å². The molecule has 162 valence electrons. The molecule has 1 heterocycles. The van der Waals surface area contributed by atoms with Gasteiger partial charge < -0.3 is 24.0 Å². The van der Waals surface area contributed by atoms with Gasteiger partial charge in [-0.15, -0.1) is 0 Å². The van der Waals surface area contributed by atoms with Gasteiger partial charge in [0.25, 0.3) is 5.91 Å². The maximum absolute atomic E-state index is 13.6. The summed E-state index contributed by atoms with van der Waals surface area (Å²) in [7, 11) is 0. The number of nitrogens with zero attached hydrogens (tertiary/aromatic N) is 2. The summed E-state index contributed by atoms with van der Waals surface area (Å²) < 4.78 is 17.4. The average Bonchev–Trinajstić information content (AvgIpc) is 2.75. The summed E-state index contributed by atoms with van der Waals surface area (Å²) in [6.07, 6.45) is 0. The van der Waals surface area contributed by atoms with Crippen molar-refractivity contribution in [2.75, 3.05) is 42.7 Å². The largest absolute Gasteiger partial charge is 0.490 e. The fourth-order valence-electron chi connectivity index (χ4n) is 3.98. The van der Waals surface area contributed by atoms with E-state index < -0.39 is 0 Å². The SMILES string of the molecule is CCOc1cc(C(=O)N2CC(C)N(CC)c3ccccc32)cc(OCC)c1OCC. The monoisotopic (exact) mass is 412 g/mol. The summed E-state index contributed by atoms with van der Waals surface area (Å²) >= 11 is 0. The number of benzene rings is 2. The second-order valence-electron chi connectivity index (χ2n) is 7.14. The Labute approximate surface area is 179 Å². The molecule has 0 aliphatic carbocycles. The molecule has 0 spiro atoms. The smallest absolute Gasteiger partial charge is 0.258 e. The molecule has 0 saturated carbocycles. The van der Waals surface area contributed by atoms with Crippen LogP contribution in [0.15, 0.2) is 36.4 Å². The lowest BCUT2D eigenvalue weighted by Crippen LogP contribution is -2.49. The Morgan fingerprint density at radius 3 is 2.03 bits per heavy atom. The third kappa shape index (κ3) is 4.18. The van der Waals surface area contributed by atoms with E-state index in [0.717, 1.165) is 17.9 Å². The molecule has 0 fully saturated rings. The lowest BCUT2D eigenvalue weighted by atomic mass is 10.1. The van der Waals surface area contributed by atoms with Crippen molar-refractivity contribution in [1.29, 1.82) is 0 Å². The molecule has 0 aromatic heterocycles. The topological polar surface area (TPSA) is 51.2 Å². The van der Waals surface area contributed by atoms with Crippen molar-refractivity contribution in [3.05, 3.63) is 42.0 Å². The van der Waals surface area contributed by atoms with Crippen LogP contribution >= 0.6 is 0 Å². The summed E-state index contributed by atoms with van der Waals surface area (Å²) in [5.74, 6) is 1.53. The summed E-state index contributed by atoms with van der Waals surface area (Å²) in [5.41, 5.74) is 2.53. The Hall–Kier alpha value is -2.89. The highest BCUT2D eigenvalue weighted by molar-refractivity contribution is 6.09. The first kappa shape index (κ1) is 21.8. The molecule has 1 atom stereocenters. The van der Waals surface area contributed by atoms with Crippen molar-refractivity contribution in [2.24, 2.45) is 0 Å². The fraction of sp³-hybridized carbons (Fsp3) is 0.458. The third-order valence-corrected chi connectivity index (χ3v) is 5.20. The Morgan fingerprint density at radius 1 is 0.933 bits per heavy atom. The molecule has 2 aromatic rings. The normalized spacial score (nSPS) is 15.6. The van der Waals surface area contributed by atoms with Gasteiger partial charge in [0.2, 0.25) is 5.75 Å². The molecule has 1 aliphatic heterocycles. The molecule has 2 aromatic carbocycles. The number of hydrogen-bond donors (Lipinski definition) is 0. The molecule has 1 aliphatic rings. The zero-order valence-corrected chi connectivity index (χ0v) is 18.6. The van der Waals surface area contributed by atoms with Crippen LogP contribution in [0.5, 0.6) is 17.2 Å². The molecule has 0 N–H and O–H groups in total.